The second-order valence-corrected chi connectivity index (χ2v) is 4.88. The molecule has 1 aromatic rings. The highest BCUT2D eigenvalue weighted by Gasteiger charge is 2.23. The molecule has 3 nitrogen and oxygen atoms in total. The van der Waals surface area contributed by atoms with Gasteiger partial charge in [-0.25, -0.2) is 0 Å². The number of benzene rings is 1. The quantitative estimate of drug-likeness (QED) is 0.824. The first-order valence-corrected chi connectivity index (χ1v) is 6.29. The van der Waals surface area contributed by atoms with E-state index >= 15 is 0 Å². The van der Waals surface area contributed by atoms with Crippen molar-refractivity contribution in [3.8, 4) is 5.75 Å². The average Bonchev–Trinajstić information content (AvgIpc) is 3.10. The van der Waals surface area contributed by atoms with E-state index in [1.54, 1.807) is 0 Å². The van der Waals surface area contributed by atoms with Gasteiger partial charge in [-0.15, -0.1) is 0 Å². The van der Waals surface area contributed by atoms with Crippen LogP contribution in [0.3, 0.4) is 0 Å². The van der Waals surface area contributed by atoms with Gasteiger partial charge in [0.05, 0.1) is 24.9 Å². The molecule has 17 heavy (non-hydrogen) atoms. The lowest BCUT2D eigenvalue weighted by molar-refractivity contribution is 0.0682. The first kappa shape index (κ1) is 12.4. The summed E-state index contributed by atoms with van der Waals surface area (Å²) in [4.78, 5) is 0. The number of hydrogen-bond donors (Lipinski definition) is 1. The molecule has 1 atom stereocenters. The van der Waals surface area contributed by atoms with Gasteiger partial charge in [0.15, 0.2) is 0 Å². The van der Waals surface area contributed by atoms with Crippen LogP contribution >= 0.6 is 0 Å². The maximum atomic E-state index is 6.08. The lowest BCUT2D eigenvalue weighted by atomic mass is 10.1. The van der Waals surface area contributed by atoms with Crippen molar-refractivity contribution in [2.75, 3.05) is 6.61 Å². The predicted octanol–water partition coefficient (Wildman–Crippen LogP) is 2.65. The molecule has 1 unspecified atom stereocenters. The molecule has 0 radical (unpaired) electrons. The van der Waals surface area contributed by atoms with Crippen LogP contribution in [0.25, 0.3) is 0 Å². The van der Waals surface area contributed by atoms with Crippen molar-refractivity contribution < 1.29 is 9.47 Å². The van der Waals surface area contributed by atoms with E-state index in [0.717, 1.165) is 11.3 Å². The maximum Gasteiger partial charge on any atom is 0.120 e. The SMILES string of the molecule is CC(C)OCC(N)c1cccc(OC2CC2)c1. The van der Waals surface area contributed by atoms with Gasteiger partial charge in [0.2, 0.25) is 0 Å². The second kappa shape index (κ2) is 5.52. The summed E-state index contributed by atoms with van der Waals surface area (Å²) in [5, 5.41) is 0. The Balaban J connectivity index is 1.93. The zero-order valence-electron chi connectivity index (χ0n) is 10.6. The highest BCUT2D eigenvalue weighted by molar-refractivity contribution is 5.31. The van der Waals surface area contributed by atoms with Crippen LogP contribution in [-0.4, -0.2) is 18.8 Å². The first-order valence-electron chi connectivity index (χ1n) is 6.29. The highest BCUT2D eigenvalue weighted by Crippen LogP contribution is 2.28. The van der Waals surface area contributed by atoms with Crippen molar-refractivity contribution in [1.29, 1.82) is 0 Å². The van der Waals surface area contributed by atoms with Crippen LogP contribution in [0.4, 0.5) is 0 Å². The summed E-state index contributed by atoms with van der Waals surface area (Å²) in [5.74, 6) is 0.921. The fourth-order valence-electron chi connectivity index (χ4n) is 1.59. The standard InChI is InChI=1S/C14H21NO2/c1-10(2)16-9-14(15)11-4-3-5-13(8-11)17-12-6-7-12/h3-5,8,10,12,14H,6-7,9,15H2,1-2H3. The normalized spacial score (nSPS) is 17.2. The molecule has 94 valence electrons. The molecular formula is C14H21NO2. The van der Waals surface area contributed by atoms with Crippen LogP contribution < -0.4 is 10.5 Å². The third-order valence-electron chi connectivity index (χ3n) is 2.72. The second-order valence-electron chi connectivity index (χ2n) is 4.88. The van der Waals surface area contributed by atoms with Crippen molar-refractivity contribution in [1.82, 2.24) is 0 Å². The van der Waals surface area contributed by atoms with Crippen LogP contribution in [0.5, 0.6) is 5.75 Å². The molecule has 1 aromatic carbocycles. The molecule has 0 spiro atoms. The third-order valence-corrected chi connectivity index (χ3v) is 2.72. The van der Waals surface area contributed by atoms with E-state index in [-0.39, 0.29) is 12.1 Å². The minimum absolute atomic E-state index is 0.0832. The van der Waals surface area contributed by atoms with Gasteiger partial charge in [-0.1, -0.05) is 12.1 Å². The van der Waals surface area contributed by atoms with Gasteiger partial charge in [-0.05, 0) is 44.4 Å². The van der Waals surface area contributed by atoms with Gasteiger partial charge in [-0.2, -0.15) is 0 Å². The molecule has 0 aliphatic heterocycles. The molecular weight excluding hydrogens is 214 g/mol. The van der Waals surface area contributed by atoms with Gasteiger partial charge in [-0.3, -0.25) is 0 Å². The van der Waals surface area contributed by atoms with E-state index < -0.39 is 0 Å². The molecule has 2 rings (SSSR count). The molecule has 3 heteroatoms. The molecule has 1 fully saturated rings. The van der Waals surface area contributed by atoms with Crippen LogP contribution in [0, 0.1) is 0 Å². The molecule has 0 aromatic heterocycles. The molecule has 0 saturated heterocycles. The highest BCUT2D eigenvalue weighted by atomic mass is 16.5. The van der Waals surface area contributed by atoms with Gasteiger partial charge in [0, 0.05) is 0 Å². The van der Waals surface area contributed by atoms with Gasteiger partial charge >= 0.3 is 0 Å². The van der Waals surface area contributed by atoms with Crippen LogP contribution in [0.1, 0.15) is 38.3 Å². The van der Waals surface area contributed by atoms with E-state index in [4.69, 9.17) is 15.2 Å². The van der Waals surface area contributed by atoms with Crippen molar-refractivity contribution in [2.45, 2.75) is 44.9 Å². The molecule has 2 N–H and O–H groups in total. The van der Waals surface area contributed by atoms with Gasteiger partial charge < -0.3 is 15.2 Å². The van der Waals surface area contributed by atoms with E-state index in [2.05, 4.69) is 0 Å². The fourth-order valence-corrected chi connectivity index (χ4v) is 1.59. The molecule has 1 aliphatic rings. The zero-order valence-corrected chi connectivity index (χ0v) is 10.6. The van der Waals surface area contributed by atoms with Crippen LogP contribution in [0.2, 0.25) is 0 Å². The van der Waals surface area contributed by atoms with E-state index in [0.29, 0.717) is 12.7 Å². The van der Waals surface area contributed by atoms with Crippen LogP contribution in [-0.2, 0) is 4.74 Å². The van der Waals surface area contributed by atoms with Gasteiger partial charge in [0.25, 0.3) is 0 Å². The van der Waals surface area contributed by atoms with E-state index in [1.807, 2.05) is 38.1 Å². The largest absolute Gasteiger partial charge is 0.490 e. The Bertz CT molecular complexity index is 361. The van der Waals surface area contributed by atoms with Crippen molar-refractivity contribution >= 4 is 0 Å². The molecule has 1 aliphatic carbocycles. The Morgan fingerprint density at radius 3 is 2.76 bits per heavy atom. The lowest BCUT2D eigenvalue weighted by Gasteiger charge is -2.15. The molecule has 1 saturated carbocycles. The Kier molecular flexibility index (Phi) is 4.02. The smallest absolute Gasteiger partial charge is 0.120 e. The van der Waals surface area contributed by atoms with Crippen molar-refractivity contribution in [3.05, 3.63) is 29.8 Å². The Labute approximate surface area is 103 Å². The Hall–Kier alpha value is -1.06. The summed E-state index contributed by atoms with van der Waals surface area (Å²) < 4.78 is 11.3. The summed E-state index contributed by atoms with van der Waals surface area (Å²) in [6, 6.07) is 7.93. The zero-order chi connectivity index (χ0) is 12.3. The van der Waals surface area contributed by atoms with Crippen molar-refractivity contribution in [3.63, 3.8) is 0 Å². The minimum Gasteiger partial charge on any atom is -0.490 e. The minimum atomic E-state index is -0.0832. The number of ether oxygens (including phenoxy) is 2. The molecule has 0 heterocycles. The predicted molar refractivity (Wildman–Crippen MR) is 68.1 cm³/mol. The lowest BCUT2D eigenvalue weighted by Crippen LogP contribution is -2.19. The van der Waals surface area contributed by atoms with Crippen LogP contribution in [0.15, 0.2) is 24.3 Å². The average molecular weight is 235 g/mol. The Morgan fingerprint density at radius 2 is 2.12 bits per heavy atom. The molecule has 0 bridgehead atoms. The summed E-state index contributed by atoms with van der Waals surface area (Å²) in [5.41, 5.74) is 7.15. The first-order chi connectivity index (χ1) is 8.15. The number of nitrogens with two attached hydrogens (primary N) is 1. The number of rotatable bonds is 6. The van der Waals surface area contributed by atoms with E-state index in [1.165, 1.54) is 12.8 Å². The summed E-state index contributed by atoms with van der Waals surface area (Å²) in [6.07, 6.45) is 2.99. The monoisotopic (exact) mass is 235 g/mol. The van der Waals surface area contributed by atoms with E-state index in [9.17, 15) is 0 Å². The summed E-state index contributed by atoms with van der Waals surface area (Å²) >= 11 is 0. The fraction of sp³-hybridized carbons (Fsp3) is 0.571. The van der Waals surface area contributed by atoms with Gasteiger partial charge in [0.1, 0.15) is 5.75 Å². The summed E-state index contributed by atoms with van der Waals surface area (Å²) in [7, 11) is 0. The maximum absolute atomic E-state index is 6.08. The molecule has 0 amide bonds. The third kappa shape index (κ3) is 4.02. The summed E-state index contributed by atoms with van der Waals surface area (Å²) in [6.45, 7) is 4.57. The topological polar surface area (TPSA) is 44.5 Å². The number of hydrogen-bond acceptors (Lipinski definition) is 3. The Morgan fingerprint density at radius 1 is 1.35 bits per heavy atom. The van der Waals surface area contributed by atoms with Crippen molar-refractivity contribution in [2.24, 2.45) is 5.73 Å².